The summed E-state index contributed by atoms with van der Waals surface area (Å²) in [6, 6.07) is 4.21. The van der Waals surface area contributed by atoms with Crippen molar-refractivity contribution in [2.75, 3.05) is 0 Å². The van der Waals surface area contributed by atoms with Gasteiger partial charge < -0.3 is 5.11 Å². The largest absolute Gasteiger partial charge is 0.481 e. The minimum atomic E-state index is -0.760. The molecule has 0 spiro atoms. The van der Waals surface area contributed by atoms with E-state index in [4.69, 9.17) is 16.7 Å². The molecule has 0 heterocycles. The van der Waals surface area contributed by atoms with Crippen molar-refractivity contribution in [1.82, 2.24) is 0 Å². The molecule has 0 amide bonds. The van der Waals surface area contributed by atoms with Crippen molar-refractivity contribution < 1.29 is 14.3 Å². The molecule has 1 aromatic rings. The van der Waals surface area contributed by atoms with Crippen molar-refractivity contribution >= 4 is 17.6 Å². The number of aliphatic carboxylic acids is 1. The highest BCUT2D eigenvalue weighted by Crippen LogP contribution is 2.38. The third kappa shape index (κ3) is 2.19. The molecule has 86 valence electrons. The summed E-state index contributed by atoms with van der Waals surface area (Å²) in [6.45, 7) is 0. The van der Waals surface area contributed by atoms with Gasteiger partial charge >= 0.3 is 5.97 Å². The van der Waals surface area contributed by atoms with Crippen LogP contribution < -0.4 is 0 Å². The molecule has 2 nitrogen and oxygen atoms in total. The normalized spacial score (nSPS) is 23.9. The summed E-state index contributed by atoms with van der Waals surface area (Å²) in [6.07, 6.45) is 2.14. The molecule has 1 aromatic carbocycles. The highest BCUT2D eigenvalue weighted by Gasteiger charge is 2.36. The summed E-state index contributed by atoms with van der Waals surface area (Å²) in [7, 11) is 0. The zero-order chi connectivity index (χ0) is 11.7. The summed E-state index contributed by atoms with van der Waals surface area (Å²) in [4.78, 5) is 10.8. The quantitative estimate of drug-likeness (QED) is 0.884. The highest BCUT2D eigenvalue weighted by molar-refractivity contribution is 6.31. The summed E-state index contributed by atoms with van der Waals surface area (Å²) < 4.78 is 13.0. The summed E-state index contributed by atoms with van der Waals surface area (Å²) in [5.74, 6) is -1.29. The number of hydrogen-bond acceptors (Lipinski definition) is 1. The first-order chi connectivity index (χ1) is 7.58. The van der Waals surface area contributed by atoms with Crippen LogP contribution in [0.4, 0.5) is 4.39 Å². The van der Waals surface area contributed by atoms with Gasteiger partial charge in [-0.25, -0.2) is 4.39 Å². The molecule has 1 aliphatic rings. The summed E-state index contributed by atoms with van der Waals surface area (Å²) >= 11 is 5.93. The SMILES string of the molecule is O=C(O)C1CCC1Cc1cc(F)ccc1Cl. The Kier molecular flexibility index (Phi) is 3.15. The molecule has 16 heavy (non-hydrogen) atoms. The van der Waals surface area contributed by atoms with Gasteiger partial charge in [-0.3, -0.25) is 4.79 Å². The maximum atomic E-state index is 13.0. The van der Waals surface area contributed by atoms with Gasteiger partial charge in [0, 0.05) is 5.02 Å². The second-order valence-corrected chi connectivity index (χ2v) is 4.63. The topological polar surface area (TPSA) is 37.3 Å². The second kappa shape index (κ2) is 4.42. The maximum absolute atomic E-state index is 13.0. The van der Waals surface area contributed by atoms with Crippen LogP contribution in [-0.4, -0.2) is 11.1 Å². The van der Waals surface area contributed by atoms with Crippen LogP contribution in [0.2, 0.25) is 5.02 Å². The van der Waals surface area contributed by atoms with Gasteiger partial charge in [-0.2, -0.15) is 0 Å². The van der Waals surface area contributed by atoms with Gasteiger partial charge in [-0.1, -0.05) is 11.6 Å². The van der Waals surface area contributed by atoms with E-state index in [2.05, 4.69) is 0 Å². The fraction of sp³-hybridized carbons (Fsp3) is 0.417. The van der Waals surface area contributed by atoms with Crippen LogP contribution in [-0.2, 0) is 11.2 Å². The number of hydrogen-bond donors (Lipinski definition) is 1. The number of rotatable bonds is 3. The number of carboxylic acid groups (broad SMARTS) is 1. The zero-order valence-corrected chi connectivity index (χ0v) is 9.38. The fourth-order valence-corrected chi connectivity index (χ4v) is 2.32. The average Bonchev–Trinajstić information content (AvgIpc) is 2.16. The fourth-order valence-electron chi connectivity index (χ4n) is 2.12. The van der Waals surface area contributed by atoms with Gasteiger partial charge in [0.05, 0.1) is 5.92 Å². The lowest BCUT2D eigenvalue weighted by Crippen LogP contribution is -2.34. The molecule has 0 saturated heterocycles. The van der Waals surface area contributed by atoms with Crippen LogP contribution in [0.3, 0.4) is 0 Å². The Hall–Kier alpha value is -1.09. The smallest absolute Gasteiger partial charge is 0.306 e. The third-order valence-corrected chi connectivity index (χ3v) is 3.59. The van der Waals surface area contributed by atoms with Crippen molar-refractivity contribution in [3.8, 4) is 0 Å². The molecule has 1 fully saturated rings. The van der Waals surface area contributed by atoms with Crippen LogP contribution in [0.25, 0.3) is 0 Å². The number of halogens is 2. The van der Waals surface area contributed by atoms with Gasteiger partial charge in [0.15, 0.2) is 0 Å². The van der Waals surface area contributed by atoms with E-state index in [-0.39, 0.29) is 17.7 Å². The molecule has 2 rings (SSSR count). The molecule has 2 atom stereocenters. The molecule has 0 bridgehead atoms. The minimum Gasteiger partial charge on any atom is -0.481 e. The Balaban J connectivity index is 2.09. The molecule has 4 heteroatoms. The third-order valence-electron chi connectivity index (χ3n) is 3.22. The van der Waals surface area contributed by atoms with Crippen LogP contribution in [0.5, 0.6) is 0 Å². The number of carbonyl (C=O) groups is 1. The Morgan fingerprint density at radius 2 is 2.25 bits per heavy atom. The summed E-state index contributed by atoms with van der Waals surface area (Å²) in [5.41, 5.74) is 0.706. The van der Waals surface area contributed by atoms with Crippen LogP contribution in [0.15, 0.2) is 18.2 Å². The Morgan fingerprint density at radius 1 is 1.50 bits per heavy atom. The van der Waals surface area contributed by atoms with E-state index in [1.807, 2.05) is 0 Å². The number of carboxylic acids is 1. The lowest BCUT2D eigenvalue weighted by atomic mass is 9.71. The second-order valence-electron chi connectivity index (χ2n) is 4.22. The molecule has 2 unspecified atom stereocenters. The molecule has 1 saturated carbocycles. The lowest BCUT2D eigenvalue weighted by Gasteiger charge is -2.33. The van der Waals surface area contributed by atoms with Gasteiger partial charge in [-0.15, -0.1) is 0 Å². The van der Waals surface area contributed by atoms with E-state index >= 15 is 0 Å². The van der Waals surface area contributed by atoms with Crippen LogP contribution in [0, 0.1) is 17.7 Å². The molecule has 1 aliphatic carbocycles. The van der Waals surface area contributed by atoms with Gasteiger partial charge in [0.1, 0.15) is 5.82 Å². The van der Waals surface area contributed by atoms with Crippen LogP contribution in [0.1, 0.15) is 18.4 Å². The Labute approximate surface area is 98.0 Å². The van der Waals surface area contributed by atoms with E-state index in [9.17, 15) is 9.18 Å². The number of benzene rings is 1. The van der Waals surface area contributed by atoms with Crippen molar-refractivity contribution in [3.63, 3.8) is 0 Å². The zero-order valence-electron chi connectivity index (χ0n) is 8.62. The predicted molar refractivity (Wildman–Crippen MR) is 59.0 cm³/mol. The molecular weight excluding hydrogens is 231 g/mol. The van der Waals surface area contributed by atoms with Crippen molar-refractivity contribution in [2.45, 2.75) is 19.3 Å². The van der Waals surface area contributed by atoms with E-state index < -0.39 is 5.97 Å². The van der Waals surface area contributed by atoms with E-state index in [0.29, 0.717) is 23.4 Å². The first-order valence-electron chi connectivity index (χ1n) is 5.24. The van der Waals surface area contributed by atoms with E-state index in [1.165, 1.54) is 18.2 Å². The molecule has 1 N–H and O–H groups in total. The first-order valence-corrected chi connectivity index (χ1v) is 5.62. The van der Waals surface area contributed by atoms with Gasteiger partial charge in [0.25, 0.3) is 0 Å². The first kappa shape index (κ1) is 11.4. The molecule has 0 aromatic heterocycles. The van der Waals surface area contributed by atoms with Gasteiger partial charge in [-0.05, 0) is 48.9 Å². The van der Waals surface area contributed by atoms with Crippen molar-refractivity contribution in [2.24, 2.45) is 11.8 Å². The monoisotopic (exact) mass is 242 g/mol. The van der Waals surface area contributed by atoms with Crippen LogP contribution >= 0.6 is 11.6 Å². The maximum Gasteiger partial charge on any atom is 0.306 e. The molecule has 0 aliphatic heterocycles. The van der Waals surface area contributed by atoms with E-state index in [1.54, 1.807) is 0 Å². The van der Waals surface area contributed by atoms with Crippen molar-refractivity contribution in [3.05, 3.63) is 34.6 Å². The van der Waals surface area contributed by atoms with Crippen molar-refractivity contribution in [1.29, 1.82) is 0 Å². The summed E-state index contributed by atoms with van der Waals surface area (Å²) in [5, 5.41) is 9.41. The Bertz CT molecular complexity index is 419. The van der Waals surface area contributed by atoms with E-state index in [0.717, 1.165) is 6.42 Å². The predicted octanol–water partition coefficient (Wildman–Crippen LogP) is 3.13. The lowest BCUT2D eigenvalue weighted by molar-refractivity contribution is -0.147. The highest BCUT2D eigenvalue weighted by atomic mass is 35.5. The standard InChI is InChI=1S/C12H12ClFO2/c13-11-4-2-9(14)6-8(11)5-7-1-3-10(7)12(15)16/h2,4,6-7,10H,1,3,5H2,(H,15,16). The minimum absolute atomic E-state index is 0.0943. The van der Waals surface area contributed by atoms with Gasteiger partial charge in [0.2, 0.25) is 0 Å². The molecular formula is C12H12ClFO2. The molecule has 0 radical (unpaired) electrons. The average molecular weight is 243 g/mol. The Morgan fingerprint density at radius 3 is 2.81 bits per heavy atom.